The normalized spacial score (nSPS) is 15.8. The molecule has 9 nitrogen and oxygen atoms in total. The fraction of sp³-hybridized carbons (Fsp3) is 0.421. The number of pyridine rings is 1. The fourth-order valence-electron chi connectivity index (χ4n) is 3.43. The lowest BCUT2D eigenvalue weighted by atomic mass is 9.84. The second-order valence-corrected chi connectivity index (χ2v) is 7.01. The molecule has 1 fully saturated rings. The van der Waals surface area contributed by atoms with Crippen LogP contribution in [0.15, 0.2) is 23.1 Å². The van der Waals surface area contributed by atoms with E-state index in [4.69, 9.17) is 5.11 Å². The summed E-state index contributed by atoms with van der Waals surface area (Å²) in [6.07, 6.45) is 6.63. The maximum Gasteiger partial charge on any atom is 0.337 e. The molecule has 0 spiro atoms. The largest absolute Gasteiger partial charge is 0.501 e. The average Bonchev–Trinajstić information content (AvgIpc) is 2.70. The van der Waals surface area contributed by atoms with Crippen molar-refractivity contribution in [3.63, 3.8) is 0 Å². The third kappa shape index (κ3) is 4.19. The number of nitrogens with one attached hydrogen (secondary N) is 2. The van der Waals surface area contributed by atoms with Gasteiger partial charge in [0.2, 0.25) is 5.75 Å². The highest BCUT2D eigenvalue weighted by atomic mass is 16.4. The maximum absolute atomic E-state index is 12.6. The van der Waals surface area contributed by atoms with E-state index in [9.17, 15) is 19.5 Å². The summed E-state index contributed by atoms with van der Waals surface area (Å²) in [6, 6.07) is 2.57. The topological polar surface area (TPSA) is 145 Å². The molecule has 1 aliphatic carbocycles. The number of aromatic hydroxyl groups is 1. The van der Waals surface area contributed by atoms with Crippen LogP contribution in [0.25, 0.3) is 11.5 Å². The van der Waals surface area contributed by atoms with Crippen LogP contribution in [0.2, 0.25) is 0 Å². The molecule has 0 unspecified atom stereocenters. The Labute approximate surface area is 160 Å². The van der Waals surface area contributed by atoms with Crippen molar-refractivity contribution >= 4 is 11.9 Å². The summed E-state index contributed by atoms with van der Waals surface area (Å²) >= 11 is 0. The molecule has 2 heterocycles. The van der Waals surface area contributed by atoms with Crippen molar-refractivity contribution in [2.24, 2.45) is 5.92 Å². The molecule has 0 aliphatic heterocycles. The van der Waals surface area contributed by atoms with Crippen molar-refractivity contribution in [1.29, 1.82) is 0 Å². The van der Waals surface area contributed by atoms with Gasteiger partial charge in [0, 0.05) is 12.2 Å². The number of aromatic nitrogens is 3. The first-order chi connectivity index (χ1) is 13.4. The molecular weight excluding hydrogens is 364 g/mol. The summed E-state index contributed by atoms with van der Waals surface area (Å²) < 4.78 is 0. The first-order valence-corrected chi connectivity index (χ1v) is 9.20. The van der Waals surface area contributed by atoms with Crippen LogP contribution < -0.4 is 10.9 Å². The van der Waals surface area contributed by atoms with Gasteiger partial charge in [-0.1, -0.05) is 19.3 Å². The van der Waals surface area contributed by atoms with Gasteiger partial charge >= 0.3 is 5.97 Å². The Morgan fingerprint density at radius 1 is 1.25 bits per heavy atom. The SMILES string of the molecule is C[C@@H](NC(=O)c1nc(-c2ccc(C(=O)O)cn2)[nH]c(=O)c1O)C1CCCCC1. The summed E-state index contributed by atoms with van der Waals surface area (Å²) in [5.41, 5.74) is -1.10. The molecule has 1 atom stereocenters. The standard InChI is InChI=1S/C19H22N4O5/c1-10(11-5-3-2-4-6-11)21-17(25)14-15(24)18(26)23-16(22-14)13-8-7-12(9-20-13)19(27)28/h7-11,24H,2-6H2,1H3,(H,21,25)(H,27,28)(H,22,23,26)/t10-/m1/s1. The zero-order valence-electron chi connectivity index (χ0n) is 15.4. The Kier molecular flexibility index (Phi) is 5.72. The summed E-state index contributed by atoms with van der Waals surface area (Å²) in [5, 5.41) is 21.8. The second kappa shape index (κ2) is 8.20. The third-order valence-corrected chi connectivity index (χ3v) is 5.08. The highest BCUT2D eigenvalue weighted by Gasteiger charge is 2.25. The van der Waals surface area contributed by atoms with E-state index in [2.05, 4.69) is 20.3 Å². The minimum Gasteiger partial charge on any atom is -0.501 e. The van der Waals surface area contributed by atoms with E-state index in [0.717, 1.165) is 31.9 Å². The van der Waals surface area contributed by atoms with E-state index in [-0.39, 0.29) is 28.8 Å². The molecule has 1 amide bonds. The first-order valence-electron chi connectivity index (χ1n) is 9.20. The van der Waals surface area contributed by atoms with E-state index in [1.807, 2.05) is 6.92 Å². The number of rotatable bonds is 5. The fourth-order valence-corrected chi connectivity index (χ4v) is 3.43. The molecule has 28 heavy (non-hydrogen) atoms. The number of nitrogens with zero attached hydrogens (tertiary/aromatic N) is 2. The van der Waals surface area contributed by atoms with Gasteiger partial charge in [-0.25, -0.2) is 9.78 Å². The van der Waals surface area contributed by atoms with Crippen molar-refractivity contribution < 1.29 is 19.8 Å². The molecule has 1 aliphatic rings. The van der Waals surface area contributed by atoms with Crippen LogP contribution in [-0.2, 0) is 0 Å². The van der Waals surface area contributed by atoms with E-state index in [0.29, 0.717) is 5.92 Å². The van der Waals surface area contributed by atoms with Gasteiger partial charge in [0.1, 0.15) is 5.69 Å². The number of carbonyl (C=O) groups is 2. The highest BCUT2D eigenvalue weighted by Crippen LogP contribution is 2.26. The second-order valence-electron chi connectivity index (χ2n) is 7.01. The molecule has 148 valence electrons. The van der Waals surface area contributed by atoms with E-state index >= 15 is 0 Å². The summed E-state index contributed by atoms with van der Waals surface area (Å²) in [7, 11) is 0. The van der Waals surface area contributed by atoms with Crippen LogP contribution >= 0.6 is 0 Å². The number of aromatic carboxylic acids is 1. The molecule has 1 saturated carbocycles. The molecule has 3 rings (SSSR count). The van der Waals surface area contributed by atoms with Gasteiger partial charge in [0.05, 0.1) is 5.56 Å². The van der Waals surface area contributed by atoms with Gasteiger partial charge in [0.25, 0.3) is 11.5 Å². The molecular formula is C19H22N4O5. The Balaban J connectivity index is 1.85. The summed E-state index contributed by atoms with van der Waals surface area (Å²) in [5.74, 6) is -2.21. The van der Waals surface area contributed by atoms with Gasteiger partial charge < -0.3 is 20.5 Å². The van der Waals surface area contributed by atoms with Gasteiger partial charge in [-0.2, -0.15) is 0 Å². The minimum atomic E-state index is -1.14. The lowest BCUT2D eigenvalue weighted by molar-refractivity contribution is 0.0696. The number of carboxylic acids is 1. The van der Waals surface area contributed by atoms with Crippen molar-refractivity contribution in [2.75, 3.05) is 0 Å². The van der Waals surface area contributed by atoms with Crippen LogP contribution in [0.4, 0.5) is 0 Å². The van der Waals surface area contributed by atoms with Crippen LogP contribution in [-0.4, -0.2) is 43.1 Å². The van der Waals surface area contributed by atoms with Gasteiger partial charge in [-0.05, 0) is 37.8 Å². The van der Waals surface area contributed by atoms with Crippen LogP contribution in [0.1, 0.15) is 59.9 Å². The third-order valence-electron chi connectivity index (χ3n) is 5.08. The number of hydrogen-bond acceptors (Lipinski definition) is 6. The Morgan fingerprint density at radius 3 is 2.57 bits per heavy atom. The number of aromatic amines is 1. The zero-order chi connectivity index (χ0) is 20.3. The average molecular weight is 386 g/mol. The zero-order valence-corrected chi connectivity index (χ0v) is 15.4. The Morgan fingerprint density at radius 2 is 1.96 bits per heavy atom. The molecule has 4 N–H and O–H groups in total. The van der Waals surface area contributed by atoms with Gasteiger partial charge in [-0.15, -0.1) is 0 Å². The Hall–Kier alpha value is -3.23. The van der Waals surface area contributed by atoms with E-state index in [1.165, 1.54) is 18.6 Å². The molecule has 0 aromatic carbocycles. The molecule has 0 saturated heterocycles. The molecule has 0 bridgehead atoms. The lowest BCUT2D eigenvalue weighted by Gasteiger charge is -2.28. The van der Waals surface area contributed by atoms with E-state index < -0.39 is 23.2 Å². The van der Waals surface area contributed by atoms with E-state index in [1.54, 1.807) is 0 Å². The number of hydrogen-bond donors (Lipinski definition) is 4. The smallest absolute Gasteiger partial charge is 0.337 e. The monoisotopic (exact) mass is 386 g/mol. The predicted molar refractivity (Wildman–Crippen MR) is 100 cm³/mol. The molecule has 0 radical (unpaired) electrons. The van der Waals surface area contributed by atoms with Crippen LogP contribution in [0.5, 0.6) is 5.75 Å². The molecule has 9 heteroatoms. The first kappa shape index (κ1) is 19.5. The van der Waals surface area contributed by atoms with Gasteiger partial charge in [0.15, 0.2) is 11.5 Å². The molecule has 2 aromatic rings. The van der Waals surface area contributed by atoms with Crippen LogP contribution in [0, 0.1) is 5.92 Å². The van der Waals surface area contributed by atoms with Crippen molar-refractivity contribution in [2.45, 2.75) is 45.1 Å². The number of carboxylic acid groups (broad SMARTS) is 1. The number of H-pyrrole nitrogens is 1. The molecule has 2 aromatic heterocycles. The van der Waals surface area contributed by atoms with Crippen LogP contribution in [0.3, 0.4) is 0 Å². The van der Waals surface area contributed by atoms with Gasteiger partial charge in [-0.3, -0.25) is 14.6 Å². The Bertz CT molecular complexity index is 932. The summed E-state index contributed by atoms with van der Waals surface area (Å²) in [4.78, 5) is 45.9. The number of amides is 1. The lowest BCUT2D eigenvalue weighted by Crippen LogP contribution is -2.39. The predicted octanol–water partition coefficient (Wildman–Crippen LogP) is 1.93. The van der Waals surface area contributed by atoms with Crippen molar-refractivity contribution in [3.8, 4) is 17.3 Å². The summed E-state index contributed by atoms with van der Waals surface area (Å²) in [6.45, 7) is 1.91. The minimum absolute atomic E-state index is 0.0239. The highest BCUT2D eigenvalue weighted by molar-refractivity contribution is 5.95. The maximum atomic E-state index is 12.6. The van der Waals surface area contributed by atoms with Crippen molar-refractivity contribution in [1.82, 2.24) is 20.3 Å². The van der Waals surface area contributed by atoms with Crippen molar-refractivity contribution in [3.05, 3.63) is 39.9 Å². The number of carbonyl (C=O) groups excluding carboxylic acids is 1. The quantitative estimate of drug-likeness (QED) is 0.614.